The first kappa shape index (κ1) is 40.3. The lowest BCUT2D eigenvalue weighted by molar-refractivity contribution is -0.141. The molecule has 0 unspecified atom stereocenters. The monoisotopic (exact) mass is 825 g/mol. The van der Waals surface area contributed by atoms with Crippen LogP contribution in [-0.2, 0) is 29.1 Å². The molecule has 0 radical (unpaired) electrons. The summed E-state index contributed by atoms with van der Waals surface area (Å²) in [4.78, 5) is 62.7. The van der Waals surface area contributed by atoms with Crippen LogP contribution in [0.4, 0.5) is 4.79 Å². The van der Waals surface area contributed by atoms with Crippen LogP contribution in [-0.4, -0.2) is 91.4 Å². The number of rotatable bonds is 5. The van der Waals surface area contributed by atoms with E-state index in [0.29, 0.717) is 66.6 Å². The third-order valence-electron chi connectivity index (χ3n) is 11.9. The summed E-state index contributed by atoms with van der Waals surface area (Å²) in [5, 5.41) is 5.80. The summed E-state index contributed by atoms with van der Waals surface area (Å²) in [6.07, 6.45) is 13.0. The number of benzene rings is 2. The normalized spacial score (nSPS) is 26.8. The van der Waals surface area contributed by atoms with Gasteiger partial charge in [-0.2, -0.15) is 0 Å². The highest BCUT2D eigenvalue weighted by molar-refractivity contribution is 7.91. The first-order valence-corrected chi connectivity index (χ1v) is 22.3. The predicted octanol–water partition coefficient (Wildman–Crippen LogP) is 5.55. The van der Waals surface area contributed by atoms with Crippen molar-refractivity contribution in [2.24, 2.45) is 5.92 Å². The van der Waals surface area contributed by atoms with Gasteiger partial charge in [-0.1, -0.05) is 67.5 Å². The number of hydrogen-bond donors (Lipinski definition) is 3. The highest BCUT2D eigenvalue weighted by Gasteiger charge is 2.62. The highest BCUT2D eigenvalue weighted by Crippen LogP contribution is 2.46. The van der Waals surface area contributed by atoms with Gasteiger partial charge in [0.2, 0.25) is 21.8 Å². The van der Waals surface area contributed by atoms with Gasteiger partial charge in [-0.3, -0.25) is 19.1 Å². The van der Waals surface area contributed by atoms with Crippen molar-refractivity contribution < 1.29 is 41.8 Å². The number of nitrogens with zero attached hydrogens (tertiary/aromatic N) is 2. The minimum atomic E-state index is -3.90. The van der Waals surface area contributed by atoms with E-state index in [1.54, 1.807) is 7.11 Å². The van der Waals surface area contributed by atoms with Gasteiger partial charge < -0.3 is 29.7 Å². The number of alkyl carbamates (subject to hydrolysis) is 1. The van der Waals surface area contributed by atoms with Crippen molar-refractivity contribution in [3.63, 3.8) is 0 Å². The molecule has 3 aromatic rings. The van der Waals surface area contributed by atoms with Crippen molar-refractivity contribution in [3.05, 3.63) is 72.3 Å². The maximum Gasteiger partial charge on any atom is 0.407 e. The summed E-state index contributed by atoms with van der Waals surface area (Å²) < 4.78 is 46.3. The minimum absolute atomic E-state index is 0.00383. The zero-order valence-corrected chi connectivity index (χ0v) is 34.0. The van der Waals surface area contributed by atoms with Gasteiger partial charge in [0.1, 0.15) is 35.2 Å². The largest absolute Gasteiger partial charge is 0.496 e. The molecule has 5 bridgehead atoms. The topological polar surface area (TPSA) is 182 Å². The van der Waals surface area contributed by atoms with Crippen molar-refractivity contribution in [1.82, 2.24) is 25.2 Å². The second-order valence-electron chi connectivity index (χ2n) is 16.2. The summed E-state index contributed by atoms with van der Waals surface area (Å²) in [5.41, 5.74) is 1.45. The summed E-state index contributed by atoms with van der Waals surface area (Å²) in [7, 11) is -2.30. The number of carbonyl (C=O) groups is 4. The number of nitrogens with one attached hydrogen (secondary N) is 3. The fraction of sp³-hybridized carbons (Fsp3) is 0.477. The average Bonchev–Trinajstić information content (AvgIpc) is 4.15. The number of methoxy groups -OCH3 is 1. The number of ether oxygens (including phenoxy) is 3. The van der Waals surface area contributed by atoms with Crippen molar-refractivity contribution in [3.8, 4) is 22.8 Å². The number of fused-ring (bicyclic) bond motifs is 4. The molecule has 5 atom stereocenters. The van der Waals surface area contributed by atoms with Gasteiger partial charge in [0.15, 0.2) is 0 Å². The van der Waals surface area contributed by atoms with Crippen LogP contribution in [0, 0.1) is 5.92 Å². The van der Waals surface area contributed by atoms with Crippen LogP contribution in [0.15, 0.2) is 66.8 Å². The summed E-state index contributed by atoms with van der Waals surface area (Å²) >= 11 is 0. The van der Waals surface area contributed by atoms with Gasteiger partial charge in [-0.05, 0) is 63.9 Å². The fourth-order valence-electron chi connectivity index (χ4n) is 8.35. The molecule has 4 heterocycles. The second kappa shape index (κ2) is 17.0. The van der Waals surface area contributed by atoms with Gasteiger partial charge in [-0.15, -0.1) is 0 Å². The first-order chi connectivity index (χ1) is 28.5. The molecular weight excluding hydrogens is 775 g/mol. The lowest BCUT2D eigenvalue weighted by Gasteiger charge is -2.29. The summed E-state index contributed by atoms with van der Waals surface area (Å²) in [6.45, 7) is 0.160. The molecule has 5 aliphatic rings. The molecule has 3 aliphatic heterocycles. The third-order valence-corrected chi connectivity index (χ3v) is 13.7. The van der Waals surface area contributed by atoms with Crippen LogP contribution in [0.3, 0.4) is 0 Å². The smallest absolute Gasteiger partial charge is 0.407 e. The lowest BCUT2D eigenvalue weighted by atomic mass is 10.0. The molecule has 8 rings (SSSR count). The molecule has 2 aromatic carbocycles. The van der Waals surface area contributed by atoms with Gasteiger partial charge in [0, 0.05) is 41.0 Å². The Kier molecular flexibility index (Phi) is 11.7. The van der Waals surface area contributed by atoms with Crippen LogP contribution < -0.4 is 24.8 Å². The van der Waals surface area contributed by atoms with E-state index in [2.05, 4.69) is 15.4 Å². The zero-order chi connectivity index (χ0) is 41.1. The van der Waals surface area contributed by atoms with E-state index in [9.17, 15) is 27.6 Å². The van der Waals surface area contributed by atoms with E-state index in [1.807, 2.05) is 72.8 Å². The molecule has 59 heavy (non-hydrogen) atoms. The van der Waals surface area contributed by atoms with Crippen LogP contribution in [0.25, 0.3) is 28.2 Å². The quantitative estimate of drug-likeness (QED) is 0.276. The van der Waals surface area contributed by atoms with Gasteiger partial charge in [-0.25, -0.2) is 18.2 Å². The lowest BCUT2D eigenvalue weighted by Crippen LogP contribution is -2.58. The number of aromatic nitrogens is 1. The summed E-state index contributed by atoms with van der Waals surface area (Å²) in [6, 6.07) is 13.3. The standard InChI is InChI=1S/C44H51N5O9S/c1-56-38-25-36-33-22-29(38)16-8-5-6-13-21-57-43(53)46-34-18-12-4-2-3-11-17-30-26-44(30,42(52)48-59(54,55)32-19-20-32)47-40(50)37-23-31(27-49(37)41(34)51)58-39(33)24-35(45-36)28-14-9-7-10-15-28/h7-11,14-17,22,24-25,30-32,34,37H,2-6,12-13,18-21,23,26-27H2,1H3,(H,46,53)(H,47,50)(H,48,52)/t30-,31-,34+,37+,44-/m1/s1. The molecule has 1 saturated heterocycles. The Morgan fingerprint density at radius 2 is 1.78 bits per heavy atom. The number of allylic oxidation sites excluding steroid dienone is 2. The Hall–Kier alpha value is -5.44. The molecule has 3 N–H and O–H groups in total. The third kappa shape index (κ3) is 8.94. The number of amides is 4. The number of pyridine rings is 1. The maximum atomic E-state index is 14.7. The van der Waals surface area contributed by atoms with E-state index >= 15 is 0 Å². The average molecular weight is 826 g/mol. The molecule has 14 nitrogen and oxygen atoms in total. The number of carbonyl (C=O) groups excluding carboxylic acids is 4. The Balaban J connectivity index is 1.18. The van der Waals surface area contributed by atoms with E-state index in [0.717, 1.165) is 36.8 Å². The van der Waals surface area contributed by atoms with Crippen LogP contribution in [0.2, 0.25) is 0 Å². The Bertz CT molecular complexity index is 2280. The molecule has 2 aliphatic carbocycles. The zero-order valence-electron chi connectivity index (χ0n) is 33.2. The van der Waals surface area contributed by atoms with Crippen molar-refractivity contribution in [2.75, 3.05) is 20.3 Å². The van der Waals surface area contributed by atoms with E-state index in [-0.39, 0.29) is 26.0 Å². The van der Waals surface area contributed by atoms with Gasteiger partial charge >= 0.3 is 6.09 Å². The van der Waals surface area contributed by atoms with E-state index in [1.165, 1.54) is 4.90 Å². The molecule has 4 amide bonds. The van der Waals surface area contributed by atoms with Crippen molar-refractivity contribution in [1.29, 1.82) is 0 Å². The fourth-order valence-corrected chi connectivity index (χ4v) is 9.72. The molecule has 312 valence electrons. The van der Waals surface area contributed by atoms with E-state index in [4.69, 9.17) is 19.2 Å². The molecule has 15 heteroatoms. The molecule has 0 spiro atoms. The van der Waals surface area contributed by atoms with E-state index < -0.39 is 68.7 Å². The van der Waals surface area contributed by atoms with Crippen molar-refractivity contribution in [2.45, 2.75) is 106 Å². The molecule has 1 aromatic heterocycles. The Morgan fingerprint density at radius 3 is 2.58 bits per heavy atom. The number of cyclic esters (lactones) is 1. The molecule has 3 fully saturated rings. The van der Waals surface area contributed by atoms with Gasteiger partial charge in [0.05, 0.1) is 36.7 Å². The minimum Gasteiger partial charge on any atom is -0.496 e. The number of hydrogen-bond acceptors (Lipinski definition) is 10. The van der Waals surface area contributed by atoms with Crippen molar-refractivity contribution >= 4 is 50.8 Å². The SMILES string of the molecule is COc1cc2nc(-c3ccccc3)cc3c2cc1C=CCCCCOC(=O)N[C@H]1CCCCCC=C[C@@H]2C[C@@]2(C(=O)NS(=O)(=O)C2CC2)NC(=O)[C@@H]2C[C@H](CN2C1=O)O3. The highest BCUT2D eigenvalue weighted by atomic mass is 32.2. The Morgan fingerprint density at radius 1 is 0.983 bits per heavy atom. The Labute approximate surface area is 344 Å². The number of sulfonamides is 1. The van der Waals surface area contributed by atoms with Crippen LogP contribution >= 0.6 is 0 Å². The molecule has 2 saturated carbocycles. The summed E-state index contributed by atoms with van der Waals surface area (Å²) in [5.74, 6) is -1.18. The maximum absolute atomic E-state index is 14.7. The second-order valence-corrected chi connectivity index (χ2v) is 18.2. The predicted molar refractivity (Wildman–Crippen MR) is 221 cm³/mol. The first-order valence-electron chi connectivity index (χ1n) is 20.7. The van der Waals surface area contributed by atoms with Crippen LogP contribution in [0.5, 0.6) is 11.5 Å². The van der Waals surface area contributed by atoms with Crippen LogP contribution in [0.1, 0.15) is 82.6 Å². The molecular formula is C44H51N5O9S. The van der Waals surface area contributed by atoms with Gasteiger partial charge in [0.25, 0.3) is 5.91 Å².